The van der Waals surface area contributed by atoms with E-state index < -0.39 is 11.6 Å². The second kappa shape index (κ2) is 7.58. The van der Waals surface area contributed by atoms with Crippen molar-refractivity contribution < 1.29 is 13.6 Å². The van der Waals surface area contributed by atoms with Crippen molar-refractivity contribution in [2.45, 2.75) is 38.1 Å². The summed E-state index contributed by atoms with van der Waals surface area (Å²) in [5.74, 6) is -1.74. The van der Waals surface area contributed by atoms with Crippen LogP contribution in [0.4, 0.5) is 8.78 Å². The minimum absolute atomic E-state index is 0.0662. The zero-order chi connectivity index (χ0) is 18.0. The Bertz CT molecular complexity index is 763. The summed E-state index contributed by atoms with van der Waals surface area (Å²) in [6, 6.07) is 3.76. The van der Waals surface area contributed by atoms with Gasteiger partial charge in [-0.1, -0.05) is 19.9 Å². The van der Waals surface area contributed by atoms with Crippen LogP contribution in [0.1, 0.15) is 53.2 Å². The van der Waals surface area contributed by atoms with Gasteiger partial charge in [0.1, 0.15) is 5.69 Å². The van der Waals surface area contributed by atoms with Gasteiger partial charge in [0, 0.05) is 29.8 Å². The molecule has 2 unspecified atom stereocenters. The normalized spacial score (nSPS) is 20.7. The molecule has 2 N–H and O–H groups in total. The molecule has 1 aliphatic rings. The maximum atomic E-state index is 13.6. The van der Waals surface area contributed by atoms with Gasteiger partial charge in [-0.2, -0.15) is 0 Å². The lowest BCUT2D eigenvalue weighted by Gasteiger charge is -2.33. The highest BCUT2D eigenvalue weighted by molar-refractivity contribution is 7.09. The molecule has 1 aromatic heterocycles. The molecule has 1 fully saturated rings. The number of piperidine rings is 1. The summed E-state index contributed by atoms with van der Waals surface area (Å²) in [6.45, 7) is 5.41. The van der Waals surface area contributed by atoms with Gasteiger partial charge in [-0.15, -0.1) is 11.3 Å². The number of benzene rings is 1. The van der Waals surface area contributed by atoms with E-state index in [1.165, 1.54) is 17.4 Å². The van der Waals surface area contributed by atoms with Crippen LogP contribution in [0.5, 0.6) is 0 Å². The van der Waals surface area contributed by atoms with Gasteiger partial charge in [-0.25, -0.2) is 13.8 Å². The Morgan fingerprint density at radius 1 is 1.36 bits per heavy atom. The summed E-state index contributed by atoms with van der Waals surface area (Å²) < 4.78 is 26.8. The third-order valence-corrected chi connectivity index (χ3v) is 5.56. The molecule has 2 atom stereocenters. The number of carbonyl (C=O) groups is 1. The molecule has 1 aromatic carbocycles. The SMILES string of the molecule is CC(C)c1nc(C(=O)NC2CNCCC2c2ccc(F)c(F)c2)cs1. The van der Waals surface area contributed by atoms with Crippen molar-refractivity contribution >= 4 is 17.2 Å². The third kappa shape index (κ3) is 4.04. The van der Waals surface area contributed by atoms with Gasteiger partial charge in [-0.05, 0) is 30.7 Å². The molecule has 3 rings (SSSR count). The molecule has 1 amide bonds. The van der Waals surface area contributed by atoms with E-state index in [0.29, 0.717) is 17.8 Å². The summed E-state index contributed by atoms with van der Waals surface area (Å²) in [5, 5.41) is 8.91. The summed E-state index contributed by atoms with van der Waals surface area (Å²) in [6.07, 6.45) is 0.740. The summed E-state index contributed by atoms with van der Waals surface area (Å²) >= 11 is 1.47. The summed E-state index contributed by atoms with van der Waals surface area (Å²) in [4.78, 5) is 16.9. The number of hydrogen-bond acceptors (Lipinski definition) is 4. The van der Waals surface area contributed by atoms with Gasteiger partial charge in [0.15, 0.2) is 11.6 Å². The molecule has 25 heavy (non-hydrogen) atoms. The van der Waals surface area contributed by atoms with E-state index >= 15 is 0 Å². The van der Waals surface area contributed by atoms with Crippen molar-refractivity contribution in [3.8, 4) is 0 Å². The average Bonchev–Trinajstić information content (AvgIpc) is 3.08. The van der Waals surface area contributed by atoms with E-state index in [0.717, 1.165) is 24.0 Å². The number of amides is 1. The molecule has 0 radical (unpaired) electrons. The van der Waals surface area contributed by atoms with Gasteiger partial charge < -0.3 is 10.6 Å². The van der Waals surface area contributed by atoms with Crippen LogP contribution in [-0.4, -0.2) is 30.0 Å². The molecule has 0 saturated carbocycles. The first-order valence-corrected chi connectivity index (χ1v) is 9.25. The highest BCUT2D eigenvalue weighted by atomic mass is 32.1. The van der Waals surface area contributed by atoms with Crippen molar-refractivity contribution in [1.82, 2.24) is 15.6 Å². The van der Waals surface area contributed by atoms with E-state index in [2.05, 4.69) is 15.6 Å². The molecule has 0 aliphatic carbocycles. The number of rotatable bonds is 4. The lowest BCUT2D eigenvalue weighted by molar-refractivity contribution is 0.0920. The average molecular weight is 365 g/mol. The maximum absolute atomic E-state index is 13.6. The van der Waals surface area contributed by atoms with Crippen LogP contribution in [0.2, 0.25) is 0 Å². The zero-order valence-electron chi connectivity index (χ0n) is 14.2. The molecule has 134 valence electrons. The van der Waals surface area contributed by atoms with E-state index in [1.54, 1.807) is 11.4 Å². The summed E-state index contributed by atoms with van der Waals surface area (Å²) in [5.41, 5.74) is 1.11. The Morgan fingerprint density at radius 3 is 2.84 bits per heavy atom. The van der Waals surface area contributed by atoms with Crippen LogP contribution in [0.3, 0.4) is 0 Å². The molecule has 2 heterocycles. The van der Waals surface area contributed by atoms with E-state index in [9.17, 15) is 13.6 Å². The van der Waals surface area contributed by atoms with Crippen molar-refractivity contribution in [2.75, 3.05) is 13.1 Å². The monoisotopic (exact) mass is 365 g/mol. The van der Waals surface area contributed by atoms with Crippen molar-refractivity contribution in [1.29, 1.82) is 0 Å². The fourth-order valence-electron chi connectivity index (χ4n) is 3.05. The van der Waals surface area contributed by atoms with Crippen LogP contribution >= 0.6 is 11.3 Å². The van der Waals surface area contributed by atoms with Crippen LogP contribution in [-0.2, 0) is 0 Å². The molecular formula is C18H21F2N3OS. The Balaban J connectivity index is 1.76. The second-order valence-electron chi connectivity index (χ2n) is 6.58. The highest BCUT2D eigenvalue weighted by Gasteiger charge is 2.29. The number of halogens is 2. The molecule has 0 bridgehead atoms. The topological polar surface area (TPSA) is 54.0 Å². The lowest BCUT2D eigenvalue weighted by atomic mass is 9.86. The number of nitrogens with zero attached hydrogens (tertiary/aromatic N) is 1. The molecule has 7 heteroatoms. The molecule has 4 nitrogen and oxygen atoms in total. The number of nitrogens with one attached hydrogen (secondary N) is 2. The van der Waals surface area contributed by atoms with Crippen molar-refractivity contribution in [3.63, 3.8) is 0 Å². The molecule has 0 spiro atoms. The fourth-order valence-corrected chi connectivity index (χ4v) is 3.87. The van der Waals surface area contributed by atoms with Crippen LogP contribution < -0.4 is 10.6 Å². The van der Waals surface area contributed by atoms with E-state index in [-0.39, 0.29) is 23.8 Å². The predicted molar refractivity (Wildman–Crippen MR) is 94.0 cm³/mol. The fraction of sp³-hybridized carbons (Fsp3) is 0.444. The quantitative estimate of drug-likeness (QED) is 0.873. The first-order chi connectivity index (χ1) is 12.0. The molecule has 1 saturated heterocycles. The zero-order valence-corrected chi connectivity index (χ0v) is 15.0. The maximum Gasteiger partial charge on any atom is 0.271 e. The van der Waals surface area contributed by atoms with Gasteiger partial charge in [0.2, 0.25) is 0 Å². The minimum Gasteiger partial charge on any atom is -0.346 e. The lowest BCUT2D eigenvalue weighted by Crippen LogP contribution is -2.50. The number of hydrogen-bond donors (Lipinski definition) is 2. The first kappa shape index (κ1) is 17.9. The predicted octanol–water partition coefficient (Wildman–Crippen LogP) is 3.42. The Labute approximate surface area is 149 Å². The largest absolute Gasteiger partial charge is 0.346 e. The molecule has 1 aliphatic heterocycles. The minimum atomic E-state index is -0.859. The van der Waals surface area contributed by atoms with Crippen molar-refractivity contribution in [2.24, 2.45) is 0 Å². The van der Waals surface area contributed by atoms with Gasteiger partial charge in [0.25, 0.3) is 5.91 Å². The Hall–Kier alpha value is -1.86. The summed E-state index contributed by atoms with van der Waals surface area (Å²) in [7, 11) is 0. The smallest absolute Gasteiger partial charge is 0.271 e. The number of carbonyl (C=O) groups excluding carboxylic acids is 1. The van der Waals surface area contributed by atoms with Gasteiger partial charge in [0.05, 0.1) is 5.01 Å². The Morgan fingerprint density at radius 2 is 2.16 bits per heavy atom. The number of aromatic nitrogens is 1. The van der Waals surface area contributed by atoms with Crippen LogP contribution in [0, 0.1) is 11.6 Å². The van der Waals surface area contributed by atoms with Crippen molar-refractivity contribution in [3.05, 3.63) is 51.5 Å². The van der Waals surface area contributed by atoms with Gasteiger partial charge in [-0.3, -0.25) is 4.79 Å². The third-order valence-electron chi connectivity index (χ3n) is 4.42. The molecular weight excluding hydrogens is 344 g/mol. The molecule has 2 aromatic rings. The second-order valence-corrected chi connectivity index (χ2v) is 7.47. The van der Waals surface area contributed by atoms with E-state index in [1.807, 2.05) is 13.8 Å². The van der Waals surface area contributed by atoms with Crippen LogP contribution in [0.15, 0.2) is 23.6 Å². The van der Waals surface area contributed by atoms with Crippen LogP contribution in [0.25, 0.3) is 0 Å². The standard InChI is InChI=1S/C18H21F2N3OS/c1-10(2)18-23-16(9-25-18)17(24)22-15-8-21-6-5-12(15)11-3-4-13(19)14(20)7-11/h3-4,7,9-10,12,15,21H,5-6,8H2,1-2H3,(H,22,24). The highest BCUT2D eigenvalue weighted by Crippen LogP contribution is 2.27. The van der Waals surface area contributed by atoms with Gasteiger partial charge >= 0.3 is 0 Å². The van der Waals surface area contributed by atoms with E-state index in [4.69, 9.17) is 0 Å². The Kier molecular flexibility index (Phi) is 5.44. The number of thiazole rings is 1. The first-order valence-electron chi connectivity index (χ1n) is 8.37.